The number of aromatic carboxylic acids is 1. The van der Waals surface area contributed by atoms with Crippen LogP contribution in [-0.2, 0) is 6.42 Å². The molecule has 0 aliphatic rings. The molecule has 0 fully saturated rings. The summed E-state index contributed by atoms with van der Waals surface area (Å²) < 4.78 is 1.32. The number of carboxylic acid groups (broad SMARTS) is 1. The smallest absolute Gasteiger partial charge is 0.335 e. The van der Waals surface area contributed by atoms with Crippen LogP contribution in [0.15, 0.2) is 53.7 Å². The maximum absolute atomic E-state index is 11.3. The first-order valence-electron chi connectivity index (χ1n) is 9.55. The van der Waals surface area contributed by atoms with Gasteiger partial charge < -0.3 is 10.4 Å². The third-order valence-electron chi connectivity index (χ3n) is 5.19. The van der Waals surface area contributed by atoms with Crippen molar-refractivity contribution < 1.29 is 9.90 Å². The Bertz CT molecular complexity index is 1250. The van der Waals surface area contributed by atoms with E-state index < -0.39 is 5.97 Å². The van der Waals surface area contributed by atoms with Crippen LogP contribution in [0.1, 0.15) is 26.4 Å². The summed E-state index contributed by atoms with van der Waals surface area (Å²) in [6.07, 6.45) is 2.41. The molecule has 0 unspecified atom stereocenters. The summed E-state index contributed by atoms with van der Waals surface area (Å²) in [5, 5.41) is 14.0. The number of aromatic nitrogens is 2. The van der Waals surface area contributed by atoms with Crippen LogP contribution in [0.5, 0.6) is 0 Å². The highest BCUT2D eigenvalue weighted by Gasteiger charge is 2.15. The number of carbonyl (C=O) groups is 1. The van der Waals surface area contributed by atoms with Gasteiger partial charge >= 0.3 is 5.97 Å². The lowest BCUT2D eigenvalue weighted by molar-refractivity contribution is 0.0696. The van der Waals surface area contributed by atoms with Crippen LogP contribution in [0.2, 0.25) is 0 Å². The zero-order valence-electron chi connectivity index (χ0n) is 16.6. The summed E-state index contributed by atoms with van der Waals surface area (Å²) >= 11 is 6.36. The summed E-state index contributed by atoms with van der Waals surface area (Å²) in [7, 11) is 0. The highest BCUT2D eigenvalue weighted by Crippen LogP contribution is 2.32. The first-order chi connectivity index (χ1) is 14.5. The van der Waals surface area contributed by atoms with Gasteiger partial charge in [0.05, 0.1) is 11.3 Å². The number of hydrogen-bond acceptors (Lipinski definition) is 6. The molecule has 0 amide bonds. The first kappa shape index (κ1) is 20.4. The fourth-order valence-corrected chi connectivity index (χ4v) is 5.01. The number of anilines is 1. The second-order valence-electron chi connectivity index (χ2n) is 7.04. The van der Waals surface area contributed by atoms with Gasteiger partial charge in [0, 0.05) is 32.6 Å². The standard InChI is InChI=1S/C23H21N3O2S2/c1-13-15(23(27)28)7-8-18(22(13)29)19-11-21(26-12-25-19)24-10-9-16-14(2)30-20-6-4-3-5-17(16)20/h3-8,11-12,29H,9-10H2,1-2H3,(H,27,28)(H,24,25,26). The molecular formula is C23H21N3O2S2. The first-order valence-corrected chi connectivity index (χ1v) is 10.8. The van der Waals surface area contributed by atoms with Crippen molar-refractivity contribution in [2.24, 2.45) is 0 Å². The second-order valence-corrected chi connectivity index (χ2v) is 8.74. The molecule has 0 bridgehead atoms. The lowest BCUT2D eigenvalue weighted by Gasteiger charge is -2.11. The van der Waals surface area contributed by atoms with Crippen LogP contribution in [0.3, 0.4) is 0 Å². The molecule has 2 aromatic heterocycles. The molecule has 7 heteroatoms. The van der Waals surface area contributed by atoms with Gasteiger partial charge in [0.25, 0.3) is 0 Å². The summed E-state index contributed by atoms with van der Waals surface area (Å²) in [6.45, 7) is 4.67. The lowest BCUT2D eigenvalue weighted by Crippen LogP contribution is -2.07. The summed E-state index contributed by atoms with van der Waals surface area (Å²) in [4.78, 5) is 22.0. The molecule has 152 valence electrons. The van der Waals surface area contributed by atoms with Crippen molar-refractivity contribution >= 4 is 45.8 Å². The third kappa shape index (κ3) is 3.91. The number of thiophene rings is 1. The Kier molecular flexibility index (Phi) is 5.74. The molecule has 0 saturated heterocycles. The summed E-state index contributed by atoms with van der Waals surface area (Å²) in [5.41, 5.74) is 3.72. The highest BCUT2D eigenvalue weighted by molar-refractivity contribution is 7.80. The van der Waals surface area contributed by atoms with Crippen molar-refractivity contribution in [3.8, 4) is 11.3 Å². The lowest BCUT2D eigenvalue weighted by atomic mass is 10.0. The Hall–Kier alpha value is -2.90. The van der Waals surface area contributed by atoms with Crippen LogP contribution in [0.25, 0.3) is 21.3 Å². The number of nitrogens with zero attached hydrogens (tertiary/aromatic N) is 2. The molecule has 5 nitrogen and oxygen atoms in total. The number of carboxylic acids is 1. The van der Waals surface area contributed by atoms with Crippen molar-refractivity contribution in [3.05, 3.63) is 70.4 Å². The topological polar surface area (TPSA) is 75.1 Å². The minimum Gasteiger partial charge on any atom is -0.478 e. The number of thiol groups is 1. The van der Waals surface area contributed by atoms with Crippen LogP contribution < -0.4 is 5.32 Å². The highest BCUT2D eigenvalue weighted by atomic mass is 32.1. The predicted molar refractivity (Wildman–Crippen MR) is 125 cm³/mol. The number of hydrogen-bond donors (Lipinski definition) is 3. The van der Waals surface area contributed by atoms with E-state index in [-0.39, 0.29) is 5.56 Å². The van der Waals surface area contributed by atoms with Gasteiger partial charge in [-0.3, -0.25) is 0 Å². The maximum atomic E-state index is 11.3. The normalized spacial score (nSPS) is 11.0. The molecule has 0 atom stereocenters. The van der Waals surface area contributed by atoms with E-state index in [1.54, 1.807) is 19.1 Å². The SMILES string of the molecule is Cc1sc2ccccc2c1CCNc1cc(-c2ccc(C(=O)O)c(C)c2S)ncn1. The Labute approximate surface area is 184 Å². The van der Waals surface area contributed by atoms with Gasteiger partial charge in [-0.25, -0.2) is 14.8 Å². The Morgan fingerprint density at radius 3 is 2.77 bits per heavy atom. The number of nitrogens with one attached hydrogen (secondary N) is 1. The van der Waals surface area contributed by atoms with Crippen molar-refractivity contribution in [2.75, 3.05) is 11.9 Å². The minimum atomic E-state index is -0.962. The molecular weight excluding hydrogens is 414 g/mol. The van der Waals surface area contributed by atoms with E-state index >= 15 is 0 Å². The van der Waals surface area contributed by atoms with Crippen LogP contribution in [0, 0.1) is 13.8 Å². The molecule has 4 rings (SSSR count). The van der Waals surface area contributed by atoms with Gasteiger partial charge in [0.1, 0.15) is 12.1 Å². The number of benzene rings is 2. The van der Waals surface area contributed by atoms with Gasteiger partial charge in [-0.2, -0.15) is 0 Å². The monoisotopic (exact) mass is 435 g/mol. The van der Waals surface area contributed by atoms with E-state index in [4.69, 9.17) is 0 Å². The van der Waals surface area contributed by atoms with E-state index in [0.29, 0.717) is 16.2 Å². The summed E-state index contributed by atoms with van der Waals surface area (Å²) in [6, 6.07) is 13.7. The molecule has 0 aliphatic heterocycles. The van der Waals surface area contributed by atoms with Crippen molar-refractivity contribution in [3.63, 3.8) is 0 Å². The molecule has 0 radical (unpaired) electrons. The molecule has 4 aromatic rings. The van der Waals surface area contributed by atoms with Gasteiger partial charge in [0.15, 0.2) is 0 Å². The van der Waals surface area contributed by atoms with E-state index in [2.05, 4.69) is 59.1 Å². The summed E-state index contributed by atoms with van der Waals surface area (Å²) in [5.74, 6) is -0.236. The quantitative estimate of drug-likeness (QED) is 0.343. The molecule has 2 heterocycles. The zero-order chi connectivity index (χ0) is 21.3. The Balaban J connectivity index is 1.52. The van der Waals surface area contributed by atoms with Gasteiger partial charge in [-0.1, -0.05) is 24.3 Å². The number of aryl methyl sites for hydroxylation is 1. The van der Waals surface area contributed by atoms with Crippen molar-refractivity contribution in [1.29, 1.82) is 0 Å². The molecule has 0 saturated carbocycles. The van der Waals surface area contributed by atoms with Crippen molar-refractivity contribution in [1.82, 2.24) is 9.97 Å². The molecule has 30 heavy (non-hydrogen) atoms. The average Bonchev–Trinajstić information content (AvgIpc) is 3.05. The van der Waals surface area contributed by atoms with Gasteiger partial charge in [0.2, 0.25) is 0 Å². The Morgan fingerprint density at radius 1 is 1.17 bits per heavy atom. The third-order valence-corrected chi connectivity index (χ3v) is 6.89. The Morgan fingerprint density at radius 2 is 1.97 bits per heavy atom. The van der Waals surface area contributed by atoms with E-state index in [0.717, 1.165) is 24.3 Å². The molecule has 2 aromatic carbocycles. The van der Waals surface area contributed by atoms with E-state index in [1.165, 1.54) is 26.9 Å². The maximum Gasteiger partial charge on any atom is 0.335 e. The molecule has 0 spiro atoms. The van der Waals surface area contributed by atoms with Crippen LogP contribution in [0.4, 0.5) is 5.82 Å². The minimum absolute atomic E-state index is 0.245. The number of fused-ring (bicyclic) bond motifs is 1. The van der Waals surface area contributed by atoms with Crippen LogP contribution in [-0.4, -0.2) is 27.6 Å². The van der Waals surface area contributed by atoms with E-state index in [9.17, 15) is 9.90 Å². The van der Waals surface area contributed by atoms with Crippen molar-refractivity contribution in [2.45, 2.75) is 25.2 Å². The second kappa shape index (κ2) is 8.45. The van der Waals surface area contributed by atoms with E-state index in [1.807, 2.05) is 17.4 Å². The molecule has 0 aliphatic carbocycles. The average molecular weight is 436 g/mol. The van der Waals surface area contributed by atoms with Crippen LogP contribution >= 0.6 is 24.0 Å². The number of rotatable bonds is 6. The van der Waals surface area contributed by atoms with Gasteiger partial charge in [-0.15, -0.1) is 24.0 Å². The fraction of sp³-hybridized carbons (Fsp3) is 0.174. The predicted octanol–water partition coefficient (Wildman–Crippen LogP) is 5.62. The van der Waals surface area contributed by atoms with Gasteiger partial charge in [-0.05, 0) is 48.9 Å². The molecule has 2 N–H and O–H groups in total. The zero-order valence-corrected chi connectivity index (χ0v) is 18.3. The fourth-order valence-electron chi connectivity index (χ4n) is 3.59. The largest absolute Gasteiger partial charge is 0.478 e.